The molecule has 4 heteroatoms. The quantitative estimate of drug-likeness (QED) is 0.907. The molecule has 1 spiro atoms. The Kier molecular flexibility index (Phi) is 4.29. The van der Waals surface area contributed by atoms with Crippen molar-refractivity contribution in [3.8, 4) is 0 Å². The minimum absolute atomic E-state index is 0.351. The van der Waals surface area contributed by atoms with Gasteiger partial charge in [0.25, 0.3) is 0 Å². The van der Waals surface area contributed by atoms with Gasteiger partial charge in [0.05, 0.1) is 5.02 Å². The molecule has 0 radical (unpaired) electrons. The molecular weight excluding hydrogens is 270 g/mol. The van der Waals surface area contributed by atoms with E-state index in [9.17, 15) is 0 Å². The Balaban J connectivity index is 1.72. The van der Waals surface area contributed by atoms with Crippen molar-refractivity contribution in [2.24, 2.45) is 0 Å². The summed E-state index contributed by atoms with van der Waals surface area (Å²) in [6.07, 6.45) is 10.4. The number of nitrogens with one attached hydrogen (secondary N) is 1. The number of hydrogen-bond donors (Lipinski definition) is 1. The molecule has 0 amide bonds. The lowest BCUT2D eigenvalue weighted by molar-refractivity contribution is 0.0573. The fourth-order valence-corrected chi connectivity index (χ4v) is 3.80. The monoisotopic (exact) mass is 293 g/mol. The van der Waals surface area contributed by atoms with Gasteiger partial charge in [0.2, 0.25) is 0 Å². The minimum atomic E-state index is 0.351. The van der Waals surface area contributed by atoms with Crippen LogP contribution in [0.25, 0.3) is 0 Å². The molecule has 0 aromatic carbocycles. The first-order valence-electron chi connectivity index (χ1n) is 7.76. The fraction of sp³-hybridized carbons (Fsp3) is 0.688. The predicted molar refractivity (Wildman–Crippen MR) is 82.9 cm³/mol. The third-order valence-corrected chi connectivity index (χ3v) is 5.28. The lowest BCUT2D eigenvalue weighted by atomic mass is 9.79. The molecule has 1 N–H and O–H groups in total. The maximum absolute atomic E-state index is 6.26. The van der Waals surface area contributed by atoms with Gasteiger partial charge in [-0.2, -0.15) is 0 Å². The van der Waals surface area contributed by atoms with Crippen LogP contribution < -0.4 is 5.32 Å². The van der Waals surface area contributed by atoms with E-state index in [1.807, 2.05) is 12.3 Å². The van der Waals surface area contributed by atoms with Crippen LogP contribution in [0, 0.1) is 0 Å². The summed E-state index contributed by atoms with van der Waals surface area (Å²) in [6.45, 7) is 5.47. The summed E-state index contributed by atoms with van der Waals surface area (Å²) in [6, 6.07) is 2.61. The smallest absolute Gasteiger partial charge is 0.0634 e. The highest BCUT2D eigenvalue weighted by Gasteiger charge is 2.38. The Morgan fingerprint density at radius 3 is 2.95 bits per heavy atom. The topological polar surface area (TPSA) is 28.2 Å². The second kappa shape index (κ2) is 6.00. The zero-order valence-corrected chi connectivity index (χ0v) is 13.0. The van der Waals surface area contributed by atoms with Crippen LogP contribution in [-0.4, -0.2) is 34.6 Å². The van der Waals surface area contributed by atoms with Gasteiger partial charge in [0, 0.05) is 43.6 Å². The van der Waals surface area contributed by atoms with Crippen LogP contribution in [0.5, 0.6) is 0 Å². The van der Waals surface area contributed by atoms with E-state index < -0.39 is 0 Å². The van der Waals surface area contributed by atoms with Crippen molar-refractivity contribution in [2.45, 2.75) is 57.2 Å². The van der Waals surface area contributed by atoms with Crippen LogP contribution in [-0.2, 0) is 6.54 Å². The van der Waals surface area contributed by atoms with Gasteiger partial charge in [-0.15, -0.1) is 0 Å². The molecule has 3 nitrogen and oxygen atoms in total. The van der Waals surface area contributed by atoms with E-state index >= 15 is 0 Å². The molecule has 2 aliphatic rings. The zero-order chi connectivity index (χ0) is 14.0. The van der Waals surface area contributed by atoms with Crippen molar-refractivity contribution in [1.82, 2.24) is 15.2 Å². The fourth-order valence-electron chi connectivity index (χ4n) is 3.62. The normalized spacial score (nSPS) is 26.8. The number of nitrogens with zero attached hydrogens (tertiary/aromatic N) is 2. The van der Waals surface area contributed by atoms with Crippen molar-refractivity contribution < 1.29 is 0 Å². The molecule has 1 aromatic heterocycles. The highest BCUT2D eigenvalue weighted by molar-refractivity contribution is 6.31. The van der Waals surface area contributed by atoms with Gasteiger partial charge < -0.3 is 5.32 Å². The average Bonchev–Trinajstić information content (AvgIpc) is 2.47. The summed E-state index contributed by atoms with van der Waals surface area (Å²) < 4.78 is 0. The predicted octanol–water partition coefficient (Wildman–Crippen LogP) is 3.23. The second-order valence-corrected chi connectivity index (χ2v) is 6.85. The van der Waals surface area contributed by atoms with Crippen LogP contribution in [0.3, 0.4) is 0 Å². The molecule has 3 rings (SSSR count). The first-order valence-corrected chi connectivity index (χ1v) is 8.14. The summed E-state index contributed by atoms with van der Waals surface area (Å²) in [5.74, 6) is 0. The lowest BCUT2D eigenvalue weighted by Gasteiger charge is -2.49. The molecule has 1 aliphatic carbocycles. The Morgan fingerprint density at radius 1 is 1.40 bits per heavy atom. The van der Waals surface area contributed by atoms with Crippen molar-refractivity contribution >= 4 is 11.6 Å². The average molecular weight is 294 g/mol. The van der Waals surface area contributed by atoms with Crippen LogP contribution >= 0.6 is 11.6 Å². The van der Waals surface area contributed by atoms with Crippen LogP contribution in [0.1, 0.15) is 44.6 Å². The van der Waals surface area contributed by atoms with E-state index in [0.717, 1.165) is 24.7 Å². The van der Waals surface area contributed by atoms with Gasteiger partial charge in [0.1, 0.15) is 0 Å². The molecule has 1 atom stereocenters. The van der Waals surface area contributed by atoms with E-state index in [2.05, 4.69) is 22.1 Å². The lowest BCUT2D eigenvalue weighted by Crippen LogP contribution is -2.63. The standard InChI is InChI=1S/C16H24ClN3/c1-13-9-19-16(6-3-2-4-7-16)12-20(13)11-14-5-8-18-10-15(14)17/h5,8,10,13,19H,2-4,6-7,9,11-12H2,1H3. The van der Waals surface area contributed by atoms with Crippen LogP contribution in [0.15, 0.2) is 18.5 Å². The Morgan fingerprint density at radius 2 is 2.20 bits per heavy atom. The van der Waals surface area contributed by atoms with E-state index in [1.54, 1.807) is 6.20 Å². The first kappa shape index (κ1) is 14.3. The third kappa shape index (κ3) is 3.00. The molecule has 2 heterocycles. The molecule has 110 valence electrons. The number of halogens is 1. The number of aromatic nitrogens is 1. The van der Waals surface area contributed by atoms with Crippen molar-refractivity contribution in [3.63, 3.8) is 0 Å². The largest absolute Gasteiger partial charge is 0.308 e. The molecule has 20 heavy (non-hydrogen) atoms. The van der Waals surface area contributed by atoms with Gasteiger partial charge in [0.15, 0.2) is 0 Å². The summed E-state index contributed by atoms with van der Waals surface area (Å²) in [4.78, 5) is 6.66. The van der Waals surface area contributed by atoms with Crippen molar-refractivity contribution in [1.29, 1.82) is 0 Å². The molecule has 1 aromatic rings. The van der Waals surface area contributed by atoms with Crippen molar-refractivity contribution in [2.75, 3.05) is 13.1 Å². The number of pyridine rings is 1. The molecular formula is C16H24ClN3. The molecule has 2 fully saturated rings. The zero-order valence-electron chi connectivity index (χ0n) is 12.2. The molecule has 1 unspecified atom stereocenters. The van der Waals surface area contributed by atoms with Gasteiger partial charge >= 0.3 is 0 Å². The van der Waals surface area contributed by atoms with E-state index in [-0.39, 0.29) is 0 Å². The second-order valence-electron chi connectivity index (χ2n) is 6.44. The Labute approximate surface area is 126 Å². The molecule has 1 saturated heterocycles. The van der Waals surface area contributed by atoms with Crippen molar-refractivity contribution in [3.05, 3.63) is 29.0 Å². The highest BCUT2D eigenvalue weighted by atomic mass is 35.5. The van der Waals surface area contributed by atoms with Gasteiger partial charge in [-0.25, -0.2) is 0 Å². The molecule has 1 aliphatic heterocycles. The van der Waals surface area contributed by atoms with E-state index in [4.69, 9.17) is 11.6 Å². The number of rotatable bonds is 2. The Hall–Kier alpha value is -0.640. The Bertz CT molecular complexity index is 457. The van der Waals surface area contributed by atoms with E-state index in [1.165, 1.54) is 37.7 Å². The van der Waals surface area contributed by atoms with Gasteiger partial charge in [-0.3, -0.25) is 9.88 Å². The van der Waals surface area contributed by atoms with Gasteiger partial charge in [-0.05, 0) is 31.4 Å². The number of piperazine rings is 1. The molecule has 0 bridgehead atoms. The SMILES string of the molecule is CC1CNC2(CCCCC2)CN1Cc1ccncc1Cl. The summed E-state index contributed by atoms with van der Waals surface area (Å²) in [5, 5.41) is 4.62. The number of hydrogen-bond acceptors (Lipinski definition) is 3. The van der Waals surface area contributed by atoms with Gasteiger partial charge in [-0.1, -0.05) is 30.9 Å². The van der Waals surface area contributed by atoms with Crippen LogP contribution in [0.4, 0.5) is 0 Å². The first-order chi connectivity index (χ1) is 9.69. The highest BCUT2D eigenvalue weighted by Crippen LogP contribution is 2.32. The maximum Gasteiger partial charge on any atom is 0.0634 e. The molecule has 1 saturated carbocycles. The summed E-state index contributed by atoms with van der Waals surface area (Å²) in [5.41, 5.74) is 1.55. The minimum Gasteiger partial charge on any atom is -0.308 e. The summed E-state index contributed by atoms with van der Waals surface area (Å²) in [7, 11) is 0. The maximum atomic E-state index is 6.26. The summed E-state index contributed by atoms with van der Waals surface area (Å²) >= 11 is 6.26. The van der Waals surface area contributed by atoms with Crippen LogP contribution in [0.2, 0.25) is 5.02 Å². The van der Waals surface area contributed by atoms with E-state index in [0.29, 0.717) is 11.6 Å². The third-order valence-electron chi connectivity index (χ3n) is 4.94.